The summed E-state index contributed by atoms with van der Waals surface area (Å²) < 4.78 is 10.9. The molecule has 104 valence electrons. The molecule has 0 radical (unpaired) electrons. The Morgan fingerprint density at radius 3 is 2.85 bits per heavy atom. The SMILES string of the molecule is COc1ccccc1-c1nc(C#N)c(N(C)CCO)o1. The van der Waals surface area contributed by atoms with Crippen LogP contribution in [-0.2, 0) is 0 Å². The number of oxazole rings is 1. The summed E-state index contributed by atoms with van der Waals surface area (Å²) >= 11 is 0. The maximum atomic E-state index is 9.13. The van der Waals surface area contributed by atoms with Crippen molar-refractivity contribution in [2.24, 2.45) is 0 Å². The Bertz CT molecular complexity index is 631. The Kier molecular flexibility index (Phi) is 4.23. The first-order valence-electron chi connectivity index (χ1n) is 6.07. The second-order valence-electron chi connectivity index (χ2n) is 4.13. The standard InChI is InChI=1S/C14H15N3O3/c1-17(7-8-18)14-11(9-15)16-13(20-14)10-5-3-4-6-12(10)19-2/h3-6,18H,7-8H2,1-2H3. The van der Waals surface area contributed by atoms with Crippen LogP contribution in [0.3, 0.4) is 0 Å². The molecule has 6 nitrogen and oxygen atoms in total. The number of likely N-dealkylation sites (N-methyl/N-ethyl adjacent to an activating group) is 1. The molecule has 0 atom stereocenters. The molecule has 0 unspecified atom stereocenters. The first kappa shape index (κ1) is 13.9. The number of hydrogen-bond donors (Lipinski definition) is 1. The molecule has 0 saturated carbocycles. The van der Waals surface area contributed by atoms with Gasteiger partial charge in [-0.3, -0.25) is 0 Å². The minimum absolute atomic E-state index is 0.0357. The predicted octanol–water partition coefficient (Wildman–Crippen LogP) is 1.65. The van der Waals surface area contributed by atoms with Crippen LogP contribution in [0.25, 0.3) is 11.5 Å². The summed E-state index contributed by atoms with van der Waals surface area (Å²) in [4.78, 5) is 5.82. The third-order valence-electron chi connectivity index (χ3n) is 2.83. The zero-order valence-electron chi connectivity index (χ0n) is 11.3. The lowest BCUT2D eigenvalue weighted by molar-refractivity contribution is 0.302. The average Bonchev–Trinajstić information content (AvgIpc) is 2.91. The van der Waals surface area contributed by atoms with Gasteiger partial charge < -0.3 is 19.2 Å². The van der Waals surface area contributed by atoms with Crippen LogP contribution >= 0.6 is 0 Å². The van der Waals surface area contributed by atoms with Gasteiger partial charge in [0.1, 0.15) is 11.8 Å². The summed E-state index contributed by atoms with van der Waals surface area (Å²) in [6.07, 6.45) is 0. The molecule has 0 spiro atoms. The second kappa shape index (κ2) is 6.08. The van der Waals surface area contributed by atoms with E-state index in [1.807, 2.05) is 24.3 Å². The lowest BCUT2D eigenvalue weighted by Gasteiger charge is -2.13. The van der Waals surface area contributed by atoms with Gasteiger partial charge >= 0.3 is 0 Å². The van der Waals surface area contributed by atoms with Gasteiger partial charge in [0, 0.05) is 13.6 Å². The minimum atomic E-state index is -0.0357. The Morgan fingerprint density at radius 2 is 2.20 bits per heavy atom. The van der Waals surface area contributed by atoms with Crippen molar-refractivity contribution in [2.75, 3.05) is 32.2 Å². The third kappa shape index (κ3) is 2.58. The molecule has 1 aromatic carbocycles. The van der Waals surface area contributed by atoms with E-state index in [9.17, 15) is 0 Å². The van der Waals surface area contributed by atoms with Crippen LogP contribution in [-0.4, -0.2) is 37.4 Å². The minimum Gasteiger partial charge on any atom is -0.496 e. The number of hydrogen-bond acceptors (Lipinski definition) is 6. The maximum Gasteiger partial charge on any atom is 0.234 e. The van der Waals surface area contributed by atoms with Crippen molar-refractivity contribution in [1.29, 1.82) is 5.26 Å². The summed E-state index contributed by atoms with van der Waals surface area (Å²) in [5.74, 6) is 1.27. The predicted molar refractivity (Wildman–Crippen MR) is 73.6 cm³/mol. The van der Waals surface area contributed by atoms with Crippen LogP contribution in [0.5, 0.6) is 5.75 Å². The number of nitriles is 1. The molecule has 0 saturated heterocycles. The normalized spacial score (nSPS) is 10.1. The lowest BCUT2D eigenvalue weighted by atomic mass is 10.2. The average molecular weight is 273 g/mol. The Labute approximate surface area is 116 Å². The number of para-hydroxylation sites is 1. The smallest absolute Gasteiger partial charge is 0.234 e. The highest BCUT2D eigenvalue weighted by atomic mass is 16.5. The fourth-order valence-electron chi connectivity index (χ4n) is 1.83. The van der Waals surface area contributed by atoms with Crippen LogP contribution in [0.2, 0.25) is 0 Å². The fraction of sp³-hybridized carbons (Fsp3) is 0.286. The van der Waals surface area contributed by atoms with Gasteiger partial charge in [-0.2, -0.15) is 10.2 Å². The lowest BCUT2D eigenvalue weighted by Crippen LogP contribution is -2.21. The van der Waals surface area contributed by atoms with Crippen molar-refractivity contribution < 1.29 is 14.3 Å². The van der Waals surface area contributed by atoms with Gasteiger partial charge in [-0.25, -0.2) is 0 Å². The number of benzene rings is 1. The van der Waals surface area contributed by atoms with E-state index in [2.05, 4.69) is 4.98 Å². The first-order chi connectivity index (χ1) is 9.71. The van der Waals surface area contributed by atoms with E-state index in [0.29, 0.717) is 29.6 Å². The number of nitrogens with zero attached hydrogens (tertiary/aromatic N) is 3. The van der Waals surface area contributed by atoms with E-state index in [-0.39, 0.29) is 12.3 Å². The highest BCUT2D eigenvalue weighted by molar-refractivity contribution is 5.65. The maximum absolute atomic E-state index is 9.13. The molecule has 2 rings (SSSR count). The van der Waals surface area contributed by atoms with Crippen LogP contribution in [0.15, 0.2) is 28.7 Å². The summed E-state index contributed by atoms with van der Waals surface area (Å²) in [6.45, 7) is 0.321. The topological polar surface area (TPSA) is 82.5 Å². The number of aliphatic hydroxyl groups is 1. The molecule has 2 aromatic rings. The molecule has 1 aromatic heterocycles. The largest absolute Gasteiger partial charge is 0.496 e. The molecule has 0 fully saturated rings. The highest BCUT2D eigenvalue weighted by Gasteiger charge is 2.19. The van der Waals surface area contributed by atoms with E-state index in [4.69, 9.17) is 19.5 Å². The summed E-state index contributed by atoms with van der Waals surface area (Å²) in [6, 6.07) is 9.28. The molecule has 1 N–H and O–H groups in total. The van der Waals surface area contributed by atoms with E-state index in [1.54, 1.807) is 25.1 Å². The van der Waals surface area contributed by atoms with Gasteiger partial charge in [-0.05, 0) is 12.1 Å². The number of ether oxygens (including phenoxy) is 1. The van der Waals surface area contributed by atoms with Gasteiger partial charge in [-0.15, -0.1) is 0 Å². The van der Waals surface area contributed by atoms with E-state index >= 15 is 0 Å². The van der Waals surface area contributed by atoms with Crippen LogP contribution in [0.4, 0.5) is 5.88 Å². The summed E-state index contributed by atoms with van der Waals surface area (Å²) in [7, 11) is 3.29. The Balaban J connectivity index is 2.46. The van der Waals surface area contributed by atoms with Crippen molar-refractivity contribution in [3.63, 3.8) is 0 Å². The molecular formula is C14H15N3O3. The van der Waals surface area contributed by atoms with Gasteiger partial charge in [0.05, 0.1) is 19.3 Å². The highest BCUT2D eigenvalue weighted by Crippen LogP contribution is 2.32. The number of aliphatic hydroxyl groups excluding tert-OH is 1. The summed E-state index contributed by atoms with van der Waals surface area (Å²) in [5.41, 5.74) is 0.858. The first-order valence-corrected chi connectivity index (χ1v) is 6.07. The van der Waals surface area contributed by atoms with Crippen LogP contribution in [0.1, 0.15) is 5.69 Å². The van der Waals surface area contributed by atoms with Gasteiger partial charge in [-0.1, -0.05) is 12.1 Å². The van der Waals surface area contributed by atoms with Gasteiger partial charge in [0.2, 0.25) is 17.5 Å². The monoisotopic (exact) mass is 273 g/mol. The Hall–Kier alpha value is -2.52. The number of methoxy groups -OCH3 is 1. The molecule has 0 aliphatic carbocycles. The second-order valence-corrected chi connectivity index (χ2v) is 4.13. The Morgan fingerprint density at radius 1 is 1.45 bits per heavy atom. The van der Waals surface area contributed by atoms with E-state index in [1.165, 1.54) is 0 Å². The van der Waals surface area contributed by atoms with Crippen molar-refractivity contribution in [1.82, 2.24) is 4.98 Å². The molecule has 0 aliphatic rings. The molecular weight excluding hydrogens is 258 g/mol. The van der Waals surface area contributed by atoms with Gasteiger partial charge in [0.15, 0.2) is 0 Å². The molecule has 6 heteroatoms. The summed E-state index contributed by atoms with van der Waals surface area (Å²) in [5, 5.41) is 18.1. The zero-order chi connectivity index (χ0) is 14.5. The van der Waals surface area contributed by atoms with Crippen LogP contribution in [0, 0.1) is 11.3 Å². The molecule has 0 bridgehead atoms. The van der Waals surface area contributed by atoms with Crippen molar-refractivity contribution >= 4 is 5.88 Å². The number of rotatable bonds is 5. The van der Waals surface area contributed by atoms with Crippen molar-refractivity contribution in [2.45, 2.75) is 0 Å². The molecule has 0 amide bonds. The zero-order valence-corrected chi connectivity index (χ0v) is 11.3. The number of anilines is 1. The van der Waals surface area contributed by atoms with Crippen LogP contribution < -0.4 is 9.64 Å². The fourth-order valence-corrected chi connectivity index (χ4v) is 1.83. The quantitative estimate of drug-likeness (QED) is 0.892. The molecule has 0 aliphatic heterocycles. The molecule has 1 heterocycles. The van der Waals surface area contributed by atoms with Gasteiger partial charge in [0.25, 0.3) is 0 Å². The van der Waals surface area contributed by atoms with Crippen molar-refractivity contribution in [3.05, 3.63) is 30.0 Å². The van der Waals surface area contributed by atoms with E-state index < -0.39 is 0 Å². The molecule has 20 heavy (non-hydrogen) atoms. The van der Waals surface area contributed by atoms with E-state index in [0.717, 1.165) is 0 Å². The third-order valence-corrected chi connectivity index (χ3v) is 2.83. The number of aromatic nitrogens is 1. The van der Waals surface area contributed by atoms with Crippen molar-refractivity contribution in [3.8, 4) is 23.3 Å².